The lowest BCUT2D eigenvalue weighted by atomic mass is 9.79. The number of nitrogens with zero attached hydrogens (tertiary/aromatic N) is 3. The van der Waals surface area contributed by atoms with Gasteiger partial charge >= 0.3 is 0 Å². The number of fused-ring (bicyclic) bond motifs is 1. The first-order chi connectivity index (χ1) is 19.0. The largest absolute Gasteiger partial charge is 0.348 e. The van der Waals surface area contributed by atoms with Crippen LogP contribution in [0.25, 0.3) is 11.0 Å². The molecule has 1 saturated carbocycles. The molecule has 1 aliphatic carbocycles. The van der Waals surface area contributed by atoms with E-state index in [-0.39, 0.29) is 48.7 Å². The van der Waals surface area contributed by atoms with Gasteiger partial charge in [-0.1, -0.05) is 0 Å². The number of amides is 2. The number of rotatable bonds is 7. The number of nitrogens with one attached hydrogen (secondary N) is 2. The predicted octanol–water partition coefficient (Wildman–Crippen LogP) is 4.84. The highest BCUT2D eigenvalue weighted by molar-refractivity contribution is 7.98. The van der Waals surface area contributed by atoms with Crippen molar-refractivity contribution in [2.24, 2.45) is 11.8 Å². The van der Waals surface area contributed by atoms with Crippen molar-refractivity contribution >= 4 is 34.6 Å². The number of carbonyl (C=O) groups is 2. The van der Waals surface area contributed by atoms with Crippen LogP contribution >= 0.6 is 11.8 Å². The summed E-state index contributed by atoms with van der Waals surface area (Å²) in [6, 6.07) is 5.59. The molecule has 1 aliphatic heterocycles. The Labute approximate surface area is 235 Å². The fourth-order valence-corrected chi connectivity index (χ4v) is 6.95. The Morgan fingerprint density at radius 3 is 2.60 bits per heavy atom. The minimum Gasteiger partial charge on any atom is -0.348 e. The lowest BCUT2D eigenvalue weighted by Gasteiger charge is -2.41. The van der Waals surface area contributed by atoms with Gasteiger partial charge in [-0.25, -0.2) is 13.8 Å². The molecule has 2 N–H and O–H groups in total. The molecule has 11 heteroatoms. The van der Waals surface area contributed by atoms with Gasteiger partial charge in [0.25, 0.3) is 11.5 Å². The molecule has 2 aliphatic rings. The third kappa shape index (κ3) is 5.27. The second-order valence-electron chi connectivity index (χ2n) is 11.1. The highest BCUT2D eigenvalue weighted by atomic mass is 32.2. The Morgan fingerprint density at radius 1 is 1.25 bits per heavy atom. The molecule has 1 unspecified atom stereocenters. The van der Waals surface area contributed by atoms with E-state index < -0.39 is 11.8 Å². The van der Waals surface area contributed by atoms with Crippen molar-refractivity contribution in [1.29, 1.82) is 0 Å². The third-order valence-electron chi connectivity index (χ3n) is 8.49. The number of aromatic nitrogens is 3. The van der Waals surface area contributed by atoms with E-state index in [1.54, 1.807) is 17.2 Å². The number of thioether (sulfide) groups is 1. The van der Waals surface area contributed by atoms with Gasteiger partial charge in [-0.05, 0) is 64.0 Å². The molecule has 5 rings (SSSR count). The number of likely N-dealkylation sites (tertiary alicyclic amines) is 1. The van der Waals surface area contributed by atoms with Crippen LogP contribution in [0, 0.1) is 25.7 Å². The van der Waals surface area contributed by atoms with E-state index in [1.165, 1.54) is 11.8 Å². The van der Waals surface area contributed by atoms with Crippen molar-refractivity contribution in [3.05, 3.63) is 57.3 Å². The van der Waals surface area contributed by atoms with Gasteiger partial charge in [-0.2, -0.15) is 0 Å². The van der Waals surface area contributed by atoms with Gasteiger partial charge in [-0.3, -0.25) is 14.4 Å². The monoisotopic (exact) mass is 571 g/mol. The molecule has 3 aromatic heterocycles. The molecule has 1 atom stereocenters. The molecule has 0 aromatic carbocycles. The average Bonchev–Trinajstić information content (AvgIpc) is 3.21. The number of aromatic amines is 1. The molecule has 0 radical (unpaired) electrons. The summed E-state index contributed by atoms with van der Waals surface area (Å²) in [5.74, 6) is -3.46. The van der Waals surface area contributed by atoms with Crippen molar-refractivity contribution in [3.8, 4) is 0 Å². The number of piperidine rings is 1. The second-order valence-corrected chi connectivity index (χ2v) is 11.9. The van der Waals surface area contributed by atoms with Crippen LogP contribution in [0.15, 0.2) is 34.1 Å². The van der Waals surface area contributed by atoms with Gasteiger partial charge in [0, 0.05) is 77.9 Å². The van der Waals surface area contributed by atoms with Crippen molar-refractivity contribution in [2.45, 2.75) is 69.9 Å². The summed E-state index contributed by atoms with van der Waals surface area (Å²) >= 11 is 1.47. The van der Waals surface area contributed by atoms with Gasteiger partial charge in [0.2, 0.25) is 11.8 Å². The first-order valence-corrected chi connectivity index (χ1v) is 14.9. The van der Waals surface area contributed by atoms with Gasteiger partial charge in [0.05, 0.1) is 5.56 Å². The normalized spacial score (nSPS) is 18.5. The first kappa shape index (κ1) is 28.3. The quantitative estimate of drug-likeness (QED) is 0.396. The van der Waals surface area contributed by atoms with E-state index in [0.29, 0.717) is 29.9 Å². The molecular formula is C29H35F2N5O3S. The molecule has 0 bridgehead atoms. The van der Waals surface area contributed by atoms with E-state index >= 15 is 0 Å². The third-order valence-corrected chi connectivity index (χ3v) is 9.29. The van der Waals surface area contributed by atoms with Crippen molar-refractivity contribution in [3.63, 3.8) is 0 Å². The van der Waals surface area contributed by atoms with Gasteiger partial charge in [0.1, 0.15) is 5.65 Å². The Balaban J connectivity index is 1.33. The Kier molecular flexibility index (Phi) is 7.78. The zero-order valence-corrected chi connectivity index (χ0v) is 24.0. The van der Waals surface area contributed by atoms with Gasteiger partial charge < -0.3 is 19.8 Å². The second kappa shape index (κ2) is 11.0. The molecular weight excluding hydrogens is 536 g/mol. The maximum atomic E-state index is 13.5. The Hall–Kier alpha value is -3.21. The predicted molar refractivity (Wildman–Crippen MR) is 151 cm³/mol. The zero-order chi connectivity index (χ0) is 28.8. The number of halogens is 2. The zero-order valence-electron chi connectivity index (χ0n) is 23.2. The Morgan fingerprint density at radius 2 is 1.95 bits per heavy atom. The minimum absolute atomic E-state index is 0.00674. The number of pyridine rings is 2. The van der Waals surface area contributed by atoms with E-state index in [9.17, 15) is 23.2 Å². The molecule has 8 nitrogen and oxygen atoms in total. The number of alkyl halides is 2. The summed E-state index contributed by atoms with van der Waals surface area (Å²) in [4.78, 5) is 48.8. The summed E-state index contributed by atoms with van der Waals surface area (Å²) in [6.07, 6.45) is 4.41. The molecule has 0 spiro atoms. The van der Waals surface area contributed by atoms with E-state index in [4.69, 9.17) is 0 Å². The van der Waals surface area contributed by atoms with Crippen LogP contribution in [-0.4, -0.2) is 56.5 Å². The van der Waals surface area contributed by atoms with Crippen LogP contribution in [0.1, 0.15) is 66.0 Å². The molecule has 2 fully saturated rings. The van der Waals surface area contributed by atoms with Crippen LogP contribution in [0.5, 0.6) is 0 Å². The summed E-state index contributed by atoms with van der Waals surface area (Å²) in [7, 11) is 0. The fraction of sp³-hybridized carbons (Fsp3) is 0.517. The molecule has 2 amide bonds. The molecule has 1 saturated heterocycles. The lowest BCUT2D eigenvalue weighted by molar-refractivity contribution is -0.161. The molecule has 4 heterocycles. The van der Waals surface area contributed by atoms with E-state index in [2.05, 4.69) is 26.8 Å². The summed E-state index contributed by atoms with van der Waals surface area (Å²) in [5, 5.41) is 3.69. The van der Waals surface area contributed by atoms with Crippen molar-refractivity contribution in [2.75, 3.05) is 19.3 Å². The summed E-state index contributed by atoms with van der Waals surface area (Å²) in [5.41, 5.74) is 3.11. The molecule has 40 heavy (non-hydrogen) atoms. The fourth-order valence-electron chi connectivity index (χ4n) is 6.24. The highest BCUT2D eigenvalue weighted by Gasteiger charge is 2.50. The van der Waals surface area contributed by atoms with Crippen LogP contribution in [-0.2, 0) is 11.3 Å². The van der Waals surface area contributed by atoms with Crippen LogP contribution in [0.2, 0.25) is 0 Å². The van der Waals surface area contributed by atoms with Crippen molar-refractivity contribution < 1.29 is 18.4 Å². The van der Waals surface area contributed by atoms with Crippen LogP contribution in [0.4, 0.5) is 8.78 Å². The number of aryl methyl sites for hydroxylation is 1. The standard InChI is InChI=1S/C29H35F2N5O3S/c1-16-12-23(40-4)22(26(37)34-16)15-33-27(38)24-18(3)36(25-21(24)6-5-9-32-25)17(2)19-7-10-35(11-8-19)28(39)20-13-29(30,31)14-20/h5-6,9,12,17,19-20H,7-8,10-11,13-15H2,1-4H3,(H,33,38)(H,34,37). The first-order valence-electron chi connectivity index (χ1n) is 13.7. The van der Waals surface area contributed by atoms with E-state index in [0.717, 1.165) is 34.5 Å². The lowest BCUT2D eigenvalue weighted by Crippen LogP contribution is -2.49. The maximum Gasteiger partial charge on any atom is 0.254 e. The average molecular weight is 572 g/mol. The number of hydrogen-bond acceptors (Lipinski definition) is 5. The van der Waals surface area contributed by atoms with Gasteiger partial charge in [-0.15, -0.1) is 11.8 Å². The maximum absolute atomic E-state index is 13.5. The van der Waals surface area contributed by atoms with Gasteiger partial charge in [0.15, 0.2) is 0 Å². The minimum atomic E-state index is -2.70. The van der Waals surface area contributed by atoms with Crippen molar-refractivity contribution in [1.82, 2.24) is 24.8 Å². The Bertz CT molecular complexity index is 1500. The van der Waals surface area contributed by atoms with Crippen LogP contribution < -0.4 is 10.9 Å². The highest BCUT2D eigenvalue weighted by Crippen LogP contribution is 2.44. The SMILES string of the molecule is CSc1cc(C)[nH]c(=O)c1CNC(=O)c1c(C)n(C(C)C2CCN(C(=O)C3CC(F)(F)C3)CC2)c2ncccc12. The number of H-pyrrole nitrogens is 1. The van der Waals surface area contributed by atoms with E-state index in [1.807, 2.05) is 32.2 Å². The molecule has 3 aromatic rings. The topological polar surface area (TPSA) is 100 Å². The summed E-state index contributed by atoms with van der Waals surface area (Å²) in [6.45, 7) is 7.03. The van der Waals surface area contributed by atoms with Crippen LogP contribution in [0.3, 0.4) is 0 Å². The molecule has 214 valence electrons. The smallest absolute Gasteiger partial charge is 0.254 e. The number of hydrogen-bond donors (Lipinski definition) is 2. The summed E-state index contributed by atoms with van der Waals surface area (Å²) < 4.78 is 28.6. The number of carbonyl (C=O) groups excluding carboxylic acids is 2.